The van der Waals surface area contributed by atoms with Crippen LogP contribution in [0.5, 0.6) is 0 Å². The molecule has 0 aromatic heterocycles. The summed E-state index contributed by atoms with van der Waals surface area (Å²) in [5, 5.41) is 0. The standard InChI is InChI=1S/C21H31F/c1-2-8-17-11-13-18(14-12-17)21(15-6-3-7-16-21)19-9-4-5-10-20(19)22/h4-5,9-10,17-18H,2-3,6-8,11-16H2,1H3. The zero-order valence-electron chi connectivity index (χ0n) is 14.1. The Bertz CT molecular complexity index is 465. The van der Waals surface area contributed by atoms with Gasteiger partial charge in [-0.15, -0.1) is 0 Å². The van der Waals surface area contributed by atoms with Gasteiger partial charge in [-0.2, -0.15) is 0 Å². The van der Waals surface area contributed by atoms with Crippen LogP contribution >= 0.6 is 0 Å². The zero-order valence-corrected chi connectivity index (χ0v) is 14.1. The van der Waals surface area contributed by atoms with Gasteiger partial charge < -0.3 is 0 Å². The van der Waals surface area contributed by atoms with Gasteiger partial charge in [0.1, 0.15) is 5.82 Å². The average Bonchev–Trinajstić information content (AvgIpc) is 2.57. The highest BCUT2D eigenvalue weighted by Gasteiger charge is 2.43. The predicted molar refractivity (Wildman–Crippen MR) is 91.5 cm³/mol. The van der Waals surface area contributed by atoms with Crippen LogP contribution in [0, 0.1) is 17.7 Å². The molecule has 1 heteroatoms. The lowest BCUT2D eigenvalue weighted by atomic mass is 9.57. The van der Waals surface area contributed by atoms with Crippen LogP contribution in [0.1, 0.15) is 83.1 Å². The Morgan fingerprint density at radius 2 is 1.68 bits per heavy atom. The van der Waals surface area contributed by atoms with E-state index in [1.54, 1.807) is 6.07 Å². The number of hydrogen-bond donors (Lipinski definition) is 0. The molecule has 0 amide bonds. The van der Waals surface area contributed by atoms with Crippen molar-refractivity contribution in [3.8, 4) is 0 Å². The molecular weight excluding hydrogens is 271 g/mol. The molecule has 1 aromatic carbocycles. The second kappa shape index (κ2) is 7.15. The molecule has 0 N–H and O–H groups in total. The molecule has 0 spiro atoms. The molecule has 0 radical (unpaired) electrons. The van der Waals surface area contributed by atoms with E-state index in [-0.39, 0.29) is 11.2 Å². The van der Waals surface area contributed by atoms with E-state index in [0.29, 0.717) is 5.92 Å². The summed E-state index contributed by atoms with van der Waals surface area (Å²) in [5.74, 6) is 1.68. The smallest absolute Gasteiger partial charge is 0.126 e. The molecule has 0 atom stereocenters. The minimum Gasteiger partial charge on any atom is -0.207 e. The fraction of sp³-hybridized carbons (Fsp3) is 0.714. The molecule has 2 fully saturated rings. The van der Waals surface area contributed by atoms with Crippen molar-refractivity contribution < 1.29 is 4.39 Å². The maximum Gasteiger partial charge on any atom is 0.126 e. The third-order valence-electron chi connectivity index (χ3n) is 6.48. The molecule has 3 rings (SSSR count). The minimum absolute atomic E-state index is 0.0417. The summed E-state index contributed by atoms with van der Waals surface area (Å²) < 4.78 is 14.6. The van der Waals surface area contributed by atoms with E-state index in [2.05, 4.69) is 13.0 Å². The third-order valence-corrected chi connectivity index (χ3v) is 6.48. The number of halogens is 1. The Labute approximate surface area is 135 Å². The van der Waals surface area contributed by atoms with Crippen molar-refractivity contribution in [2.75, 3.05) is 0 Å². The van der Waals surface area contributed by atoms with Crippen molar-refractivity contribution in [3.63, 3.8) is 0 Å². The van der Waals surface area contributed by atoms with Crippen molar-refractivity contribution in [2.45, 2.75) is 83.0 Å². The maximum absolute atomic E-state index is 14.6. The van der Waals surface area contributed by atoms with Crippen molar-refractivity contribution in [2.24, 2.45) is 11.8 Å². The van der Waals surface area contributed by atoms with Gasteiger partial charge in [0.2, 0.25) is 0 Å². The Hall–Kier alpha value is -0.850. The molecule has 0 unspecified atom stereocenters. The van der Waals surface area contributed by atoms with Gasteiger partial charge in [0.25, 0.3) is 0 Å². The van der Waals surface area contributed by atoms with Gasteiger partial charge in [-0.05, 0) is 49.1 Å². The van der Waals surface area contributed by atoms with Crippen molar-refractivity contribution >= 4 is 0 Å². The Morgan fingerprint density at radius 1 is 1.00 bits per heavy atom. The topological polar surface area (TPSA) is 0 Å². The highest BCUT2D eigenvalue weighted by Crippen LogP contribution is 2.51. The first-order chi connectivity index (χ1) is 10.8. The van der Waals surface area contributed by atoms with Crippen molar-refractivity contribution in [1.82, 2.24) is 0 Å². The normalized spacial score (nSPS) is 28.5. The lowest BCUT2D eigenvalue weighted by Crippen LogP contribution is -2.40. The first-order valence-corrected chi connectivity index (χ1v) is 9.51. The molecule has 0 saturated heterocycles. The summed E-state index contributed by atoms with van der Waals surface area (Å²) >= 11 is 0. The third kappa shape index (κ3) is 3.09. The summed E-state index contributed by atoms with van der Waals surface area (Å²) in [6.07, 6.45) is 14.4. The van der Waals surface area contributed by atoms with E-state index in [4.69, 9.17) is 0 Å². The van der Waals surface area contributed by atoms with Crippen LogP contribution in [0.4, 0.5) is 4.39 Å². The highest BCUT2D eigenvalue weighted by atomic mass is 19.1. The maximum atomic E-state index is 14.6. The van der Waals surface area contributed by atoms with Gasteiger partial charge in [-0.25, -0.2) is 4.39 Å². The van der Waals surface area contributed by atoms with Crippen LogP contribution in [0.3, 0.4) is 0 Å². The van der Waals surface area contributed by atoms with Crippen LogP contribution in [-0.2, 0) is 5.41 Å². The molecule has 0 heterocycles. The van der Waals surface area contributed by atoms with Gasteiger partial charge in [-0.1, -0.05) is 70.1 Å². The van der Waals surface area contributed by atoms with E-state index in [1.807, 2.05) is 12.1 Å². The molecule has 2 aliphatic rings. The van der Waals surface area contributed by atoms with Gasteiger partial charge >= 0.3 is 0 Å². The fourth-order valence-electron chi connectivity index (χ4n) is 5.36. The number of benzene rings is 1. The van der Waals surface area contributed by atoms with Gasteiger partial charge in [0.05, 0.1) is 0 Å². The van der Waals surface area contributed by atoms with E-state index in [9.17, 15) is 4.39 Å². The molecule has 0 aliphatic heterocycles. The summed E-state index contributed by atoms with van der Waals surface area (Å²) in [6.45, 7) is 2.30. The largest absolute Gasteiger partial charge is 0.207 e. The molecule has 0 nitrogen and oxygen atoms in total. The first-order valence-electron chi connectivity index (χ1n) is 9.51. The SMILES string of the molecule is CCCC1CCC(C2(c3ccccc3F)CCCCC2)CC1. The van der Waals surface area contributed by atoms with E-state index in [0.717, 1.165) is 11.5 Å². The zero-order chi connectivity index (χ0) is 15.4. The second-order valence-electron chi connectivity index (χ2n) is 7.70. The Morgan fingerprint density at radius 3 is 2.32 bits per heavy atom. The summed E-state index contributed by atoms with van der Waals surface area (Å²) in [7, 11) is 0. The molecule has 2 saturated carbocycles. The van der Waals surface area contributed by atoms with Crippen molar-refractivity contribution in [3.05, 3.63) is 35.6 Å². The highest BCUT2D eigenvalue weighted by molar-refractivity contribution is 5.29. The summed E-state index contributed by atoms with van der Waals surface area (Å²) in [5.41, 5.74) is 1.18. The average molecular weight is 302 g/mol. The lowest BCUT2D eigenvalue weighted by Gasteiger charge is -2.47. The second-order valence-corrected chi connectivity index (χ2v) is 7.70. The van der Waals surface area contributed by atoms with Crippen LogP contribution in [0.15, 0.2) is 24.3 Å². The fourth-order valence-corrected chi connectivity index (χ4v) is 5.36. The molecule has 22 heavy (non-hydrogen) atoms. The molecule has 122 valence electrons. The van der Waals surface area contributed by atoms with Gasteiger partial charge in [-0.3, -0.25) is 0 Å². The van der Waals surface area contributed by atoms with Crippen LogP contribution in [0.25, 0.3) is 0 Å². The van der Waals surface area contributed by atoms with Gasteiger partial charge in [0.15, 0.2) is 0 Å². The van der Waals surface area contributed by atoms with Crippen LogP contribution < -0.4 is 0 Å². The first kappa shape index (κ1) is 16.0. The summed E-state index contributed by atoms with van der Waals surface area (Å²) in [6, 6.07) is 7.64. The minimum atomic E-state index is 0.0417. The number of rotatable bonds is 4. The predicted octanol–water partition coefficient (Wildman–Crippen LogP) is 6.63. The number of hydrogen-bond acceptors (Lipinski definition) is 0. The summed E-state index contributed by atoms with van der Waals surface area (Å²) in [4.78, 5) is 0. The molecular formula is C21H31F. The molecule has 0 bridgehead atoms. The van der Waals surface area contributed by atoms with Gasteiger partial charge in [0, 0.05) is 5.41 Å². The Balaban J connectivity index is 1.83. The molecule has 2 aliphatic carbocycles. The quantitative estimate of drug-likeness (QED) is 0.585. The van der Waals surface area contributed by atoms with E-state index in [1.165, 1.54) is 70.6 Å². The van der Waals surface area contributed by atoms with E-state index < -0.39 is 0 Å². The van der Waals surface area contributed by atoms with Crippen LogP contribution in [0.2, 0.25) is 0 Å². The Kier molecular flexibility index (Phi) is 5.21. The lowest BCUT2D eigenvalue weighted by molar-refractivity contribution is 0.121. The van der Waals surface area contributed by atoms with Crippen LogP contribution in [-0.4, -0.2) is 0 Å². The van der Waals surface area contributed by atoms with Crippen molar-refractivity contribution in [1.29, 1.82) is 0 Å². The monoisotopic (exact) mass is 302 g/mol. The molecule has 1 aromatic rings. The van der Waals surface area contributed by atoms with E-state index >= 15 is 0 Å².